The van der Waals surface area contributed by atoms with Crippen molar-refractivity contribution in [1.82, 2.24) is 4.90 Å². The summed E-state index contributed by atoms with van der Waals surface area (Å²) in [7, 11) is -3.61. The molecule has 1 amide bonds. The van der Waals surface area contributed by atoms with Crippen LogP contribution in [0.2, 0.25) is 0 Å². The Morgan fingerprint density at radius 2 is 1.88 bits per heavy atom. The molecule has 8 heteroatoms. The highest BCUT2D eigenvalue weighted by molar-refractivity contribution is 8.26. The van der Waals surface area contributed by atoms with E-state index in [0.717, 1.165) is 11.8 Å². The molecule has 1 aliphatic rings. The molecule has 0 atom stereocenters. The highest BCUT2D eigenvalue weighted by atomic mass is 32.2. The summed E-state index contributed by atoms with van der Waals surface area (Å²) in [6.07, 6.45) is 2.66. The third-order valence-electron chi connectivity index (χ3n) is 3.46. The topological polar surface area (TPSA) is 63.7 Å². The Balaban J connectivity index is 1.81. The van der Waals surface area contributed by atoms with Crippen molar-refractivity contribution in [3.8, 4) is 5.75 Å². The number of benzene rings is 2. The molecule has 1 heterocycles. The van der Waals surface area contributed by atoms with Gasteiger partial charge in [-0.3, -0.25) is 9.69 Å². The van der Waals surface area contributed by atoms with Gasteiger partial charge in [-0.2, -0.15) is 8.42 Å². The molecule has 0 aromatic heterocycles. The van der Waals surface area contributed by atoms with Crippen molar-refractivity contribution in [2.75, 3.05) is 6.26 Å². The lowest BCUT2D eigenvalue weighted by atomic mass is 10.2. The molecule has 0 N–H and O–H groups in total. The Morgan fingerprint density at radius 3 is 2.58 bits per heavy atom. The molecule has 0 bridgehead atoms. The third-order valence-corrected chi connectivity index (χ3v) is 5.33. The van der Waals surface area contributed by atoms with Gasteiger partial charge in [0.05, 0.1) is 17.7 Å². The zero-order valence-corrected chi connectivity index (χ0v) is 16.2. The van der Waals surface area contributed by atoms with E-state index in [2.05, 4.69) is 0 Å². The lowest BCUT2D eigenvalue weighted by Crippen LogP contribution is -2.27. The average molecular weight is 406 g/mol. The molecule has 1 aliphatic heterocycles. The molecule has 134 valence electrons. The predicted octanol–water partition coefficient (Wildman–Crippen LogP) is 3.43. The first kappa shape index (κ1) is 18.6. The van der Waals surface area contributed by atoms with E-state index in [4.69, 9.17) is 16.4 Å². The van der Waals surface area contributed by atoms with Crippen LogP contribution in [0.1, 0.15) is 11.1 Å². The van der Waals surface area contributed by atoms with Crippen LogP contribution in [-0.4, -0.2) is 29.8 Å². The second kappa shape index (κ2) is 7.61. The molecule has 3 rings (SSSR count). The van der Waals surface area contributed by atoms with E-state index in [9.17, 15) is 13.2 Å². The summed E-state index contributed by atoms with van der Waals surface area (Å²) in [5.74, 6) is 0.0271. The van der Waals surface area contributed by atoms with Gasteiger partial charge in [-0.25, -0.2) is 0 Å². The predicted molar refractivity (Wildman–Crippen MR) is 107 cm³/mol. The van der Waals surface area contributed by atoms with Gasteiger partial charge in [0.2, 0.25) is 0 Å². The normalized spacial score (nSPS) is 16.3. The first-order valence-electron chi connectivity index (χ1n) is 7.61. The van der Waals surface area contributed by atoms with E-state index in [1.54, 1.807) is 35.2 Å². The summed E-state index contributed by atoms with van der Waals surface area (Å²) in [5.41, 5.74) is 1.65. The van der Waals surface area contributed by atoms with Crippen molar-refractivity contribution in [2.45, 2.75) is 6.54 Å². The van der Waals surface area contributed by atoms with Gasteiger partial charge in [0.25, 0.3) is 5.91 Å². The SMILES string of the molecule is CS(=O)(=O)Oc1cccc(/C=C2\SC(=S)N(Cc3ccccc3)C2=O)c1. The molecule has 0 saturated carbocycles. The third kappa shape index (κ3) is 4.72. The molecular formula is C18H15NO4S3. The molecule has 0 aliphatic carbocycles. The number of carbonyl (C=O) groups is 1. The zero-order valence-electron chi connectivity index (χ0n) is 13.8. The van der Waals surface area contributed by atoms with Gasteiger partial charge in [0.1, 0.15) is 10.1 Å². The van der Waals surface area contributed by atoms with Crippen molar-refractivity contribution >= 4 is 50.4 Å². The van der Waals surface area contributed by atoms with Crippen molar-refractivity contribution in [3.63, 3.8) is 0 Å². The van der Waals surface area contributed by atoms with Crippen LogP contribution in [0.5, 0.6) is 5.75 Å². The monoisotopic (exact) mass is 405 g/mol. The summed E-state index contributed by atoms with van der Waals surface area (Å²) in [5, 5.41) is 0. The molecule has 0 radical (unpaired) electrons. The summed E-state index contributed by atoms with van der Waals surface area (Å²) in [6, 6.07) is 16.1. The molecule has 0 unspecified atom stereocenters. The lowest BCUT2D eigenvalue weighted by molar-refractivity contribution is -0.122. The second-order valence-corrected chi connectivity index (χ2v) is 8.86. The van der Waals surface area contributed by atoms with Crippen molar-refractivity contribution in [1.29, 1.82) is 0 Å². The number of amides is 1. The molecule has 26 heavy (non-hydrogen) atoms. The van der Waals surface area contributed by atoms with Crippen molar-refractivity contribution in [3.05, 3.63) is 70.6 Å². The van der Waals surface area contributed by atoms with E-state index in [1.165, 1.54) is 11.8 Å². The minimum absolute atomic E-state index is 0.168. The fraction of sp³-hybridized carbons (Fsp3) is 0.111. The smallest absolute Gasteiger partial charge is 0.306 e. The first-order chi connectivity index (χ1) is 12.3. The molecular weight excluding hydrogens is 390 g/mol. The van der Waals surface area contributed by atoms with Gasteiger partial charge in [-0.05, 0) is 29.3 Å². The van der Waals surface area contributed by atoms with Gasteiger partial charge in [0.15, 0.2) is 0 Å². The van der Waals surface area contributed by atoms with Crippen LogP contribution in [0.15, 0.2) is 59.5 Å². The first-order valence-corrected chi connectivity index (χ1v) is 10.6. The average Bonchev–Trinajstić information content (AvgIpc) is 2.82. The Labute approximate surface area is 161 Å². The van der Waals surface area contributed by atoms with E-state index < -0.39 is 10.1 Å². The molecule has 2 aromatic carbocycles. The molecule has 5 nitrogen and oxygen atoms in total. The minimum atomic E-state index is -3.61. The van der Waals surface area contributed by atoms with Crippen LogP contribution in [0.3, 0.4) is 0 Å². The van der Waals surface area contributed by atoms with Crippen LogP contribution in [0.25, 0.3) is 6.08 Å². The van der Waals surface area contributed by atoms with Gasteiger partial charge in [0, 0.05) is 0 Å². The largest absolute Gasteiger partial charge is 0.383 e. The number of thiocarbonyl (C=S) groups is 1. The number of rotatable bonds is 5. The molecule has 2 aromatic rings. The maximum Gasteiger partial charge on any atom is 0.306 e. The quantitative estimate of drug-likeness (QED) is 0.431. The Bertz CT molecular complexity index is 985. The van der Waals surface area contributed by atoms with Gasteiger partial charge >= 0.3 is 10.1 Å². The Morgan fingerprint density at radius 1 is 1.15 bits per heavy atom. The van der Waals surface area contributed by atoms with Crippen LogP contribution in [0, 0.1) is 0 Å². The van der Waals surface area contributed by atoms with Crippen molar-refractivity contribution < 1.29 is 17.4 Å². The summed E-state index contributed by atoms with van der Waals surface area (Å²) < 4.78 is 27.9. The maximum absolute atomic E-state index is 12.7. The van der Waals surface area contributed by atoms with Crippen LogP contribution in [-0.2, 0) is 21.5 Å². The van der Waals surface area contributed by atoms with Crippen LogP contribution < -0.4 is 4.18 Å². The minimum Gasteiger partial charge on any atom is -0.383 e. The Kier molecular flexibility index (Phi) is 5.45. The second-order valence-electron chi connectivity index (χ2n) is 5.61. The van der Waals surface area contributed by atoms with Crippen molar-refractivity contribution in [2.24, 2.45) is 0 Å². The molecule has 1 saturated heterocycles. The Hall–Kier alpha value is -2.16. The highest BCUT2D eigenvalue weighted by Gasteiger charge is 2.31. The summed E-state index contributed by atoms with van der Waals surface area (Å²) in [6.45, 7) is 0.417. The standard InChI is InChI=1S/C18H15NO4S3/c1-26(21,22)23-15-9-5-8-14(10-15)11-16-17(20)19(18(24)25-16)12-13-6-3-2-4-7-13/h2-11H,12H2,1H3/b16-11-. The van der Waals surface area contributed by atoms with E-state index >= 15 is 0 Å². The van der Waals surface area contributed by atoms with E-state index in [0.29, 0.717) is 21.3 Å². The fourth-order valence-electron chi connectivity index (χ4n) is 2.38. The number of hydrogen-bond acceptors (Lipinski definition) is 6. The van der Waals surface area contributed by atoms with Gasteiger partial charge in [-0.1, -0.05) is 66.4 Å². The maximum atomic E-state index is 12.7. The highest BCUT2D eigenvalue weighted by Crippen LogP contribution is 2.34. The van der Waals surface area contributed by atoms with E-state index in [-0.39, 0.29) is 11.7 Å². The van der Waals surface area contributed by atoms with E-state index in [1.807, 2.05) is 30.3 Å². The summed E-state index contributed by atoms with van der Waals surface area (Å²) >= 11 is 6.56. The number of thioether (sulfide) groups is 1. The number of carbonyl (C=O) groups excluding carboxylic acids is 1. The number of nitrogens with zero attached hydrogens (tertiary/aromatic N) is 1. The van der Waals surface area contributed by atoms with Crippen LogP contribution >= 0.6 is 24.0 Å². The fourth-order valence-corrected chi connectivity index (χ4v) is 4.09. The number of hydrogen-bond donors (Lipinski definition) is 0. The van der Waals surface area contributed by atoms with Crippen LogP contribution in [0.4, 0.5) is 0 Å². The zero-order chi connectivity index (χ0) is 18.7. The lowest BCUT2D eigenvalue weighted by Gasteiger charge is -2.14. The molecule has 1 fully saturated rings. The van der Waals surface area contributed by atoms with Gasteiger partial charge < -0.3 is 4.18 Å². The summed E-state index contributed by atoms with van der Waals surface area (Å²) in [4.78, 5) is 14.7. The van der Waals surface area contributed by atoms with Gasteiger partial charge in [-0.15, -0.1) is 0 Å². The molecule has 0 spiro atoms.